The maximum atomic E-state index is 12.0. The lowest BCUT2D eigenvalue weighted by molar-refractivity contribution is 0.102. The summed E-state index contributed by atoms with van der Waals surface area (Å²) in [7, 11) is 1.48. The third-order valence-electron chi connectivity index (χ3n) is 2.21. The van der Waals surface area contributed by atoms with Crippen LogP contribution in [0.5, 0.6) is 5.75 Å². The zero-order valence-corrected chi connectivity index (χ0v) is 10.3. The van der Waals surface area contributed by atoms with Crippen LogP contribution in [0.4, 0.5) is 5.82 Å². The smallest absolute Gasteiger partial charge is 0.260 e. The summed E-state index contributed by atoms with van der Waals surface area (Å²) < 4.78 is 5.10. The molecule has 2 aromatic rings. The molecule has 1 aromatic heterocycles. The second-order valence-corrected chi connectivity index (χ2v) is 3.83. The van der Waals surface area contributed by atoms with Crippen molar-refractivity contribution in [3.8, 4) is 5.75 Å². The highest BCUT2D eigenvalue weighted by Gasteiger charge is 2.13. The number of rotatable bonds is 3. The van der Waals surface area contributed by atoms with Gasteiger partial charge in [0.15, 0.2) is 5.82 Å². The molecule has 0 atom stereocenters. The van der Waals surface area contributed by atoms with E-state index in [1.54, 1.807) is 18.2 Å². The molecule has 1 N–H and O–H groups in total. The summed E-state index contributed by atoms with van der Waals surface area (Å²) in [6.07, 6.45) is 4.48. The Morgan fingerprint density at radius 2 is 2.22 bits per heavy atom. The van der Waals surface area contributed by atoms with Crippen LogP contribution in [0.2, 0.25) is 5.02 Å². The van der Waals surface area contributed by atoms with Gasteiger partial charge in [0.05, 0.1) is 18.9 Å². The van der Waals surface area contributed by atoms with E-state index in [-0.39, 0.29) is 5.91 Å². The number of ether oxygens (including phenoxy) is 1. The van der Waals surface area contributed by atoms with Crippen molar-refractivity contribution in [2.45, 2.75) is 0 Å². The molecule has 5 nitrogen and oxygen atoms in total. The first-order valence-electron chi connectivity index (χ1n) is 5.11. The second kappa shape index (κ2) is 5.46. The third-order valence-corrected chi connectivity index (χ3v) is 2.45. The van der Waals surface area contributed by atoms with Gasteiger partial charge in [-0.05, 0) is 18.2 Å². The highest BCUT2D eigenvalue weighted by Crippen LogP contribution is 2.23. The number of carbonyl (C=O) groups is 1. The average molecular weight is 264 g/mol. The lowest BCUT2D eigenvalue weighted by atomic mass is 10.2. The molecule has 92 valence electrons. The van der Waals surface area contributed by atoms with Gasteiger partial charge >= 0.3 is 0 Å². The Bertz CT molecular complexity index is 561. The zero-order chi connectivity index (χ0) is 13.0. The first-order chi connectivity index (χ1) is 8.70. The van der Waals surface area contributed by atoms with Crippen molar-refractivity contribution >= 4 is 23.3 Å². The fourth-order valence-electron chi connectivity index (χ4n) is 1.40. The average Bonchev–Trinajstić information content (AvgIpc) is 2.39. The molecule has 0 aliphatic carbocycles. The van der Waals surface area contributed by atoms with Gasteiger partial charge in [-0.25, -0.2) is 4.98 Å². The first kappa shape index (κ1) is 12.3. The Kier molecular flexibility index (Phi) is 3.74. The predicted molar refractivity (Wildman–Crippen MR) is 68.0 cm³/mol. The molecule has 0 bridgehead atoms. The van der Waals surface area contributed by atoms with Crippen molar-refractivity contribution in [3.63, 3.8) is 0 Å². The van der Waals surface area contributed by atoms with Crippen LogP contribution in [-0.4, -0.2) is 23.0 Å². The third kappa shape index (κ3) is 2.75. The molecule has 1 heterocycles. The predicted octanol–water partition coefficient (Wildman–Crippen LogP) is 2.39. The molecule has 0 spiro atoms. The Hall–Kier alpha value is -2.14. The van der Waals surface area contributed by atoms with Crippen LogP contribution in [0.3, 0.4) is 0 Å². The van der Waals surface area contributed by atoms with E-state index >= 15 is 0 Å². The van der Waals surface area contributed by atoms with E-state index in [4.69, 9.17) is 16.3 Å². The number of methoxy groups -OCH3 is 1. The van der Waals surface area contributed by atoms with Gasteiger partial charge in [-0.2, -0.15) is 0 Å². The van der Waals surface area contributed by atoms with E-state index in [1.165, 1.54) is 25.7 Å². The number of halogens is 1. The molecule has 0 fully saturated rings. The Morgan fingerprint density at radius 3 is 2.89 bits per heavy atom. The highest BCUT2D eigenvalue weighted by molar-refractivity contribution is 6.31. The van der Waals surface area contributed by atoms with Crippen LogP contribution in [0, 0.1) is 0 Å². The van der Waals surface area contributed by atoms with Crippen LogP contribution >= 0.6 is 11.6 Å². The number of benzene rings is 1. The molecule has 0 radical (unpaired) electrons. The zero-order valence-electron chi connectivity index (χ0n) is 9.55. The molecule has 18 heavy (non-hydrogen) atoms. The van der Waals surface area contributed by atoms with Crippen molar-refractivity contribution in [2.75, 3.05) is 12.4 Å². The number of anilines is 1. The van der Waals surface area contributed by atoms with Gasteiger partial charge in [0.25, 0.3) is 5.91 Å². The van der Waals surface area contributed by atoms with E-state index in [0.717, 1.165) is 0 Å². The summed E-state index contributed by atoms with van der Waals surface area (Å²) in [5, 5.41) is 3.12. The largest absolute Gasteiger partial charge is 0.496 e. The van der Waals surface area contributed by atoms with Crippen LogP contribution in [0.1, 0.15) is 10.4 Å². The number of nitrogens with zero attached hydrogens (tertiary/aromatic N) is 2. The molecular formula is C12H10ClN3O2. The maximum Gasteiger partial charge on any atom is 0.260 e. The summed E-state index contributed by atoms with van der Waals surface area (Å²) in [6.45, 7) is 0. The Labute approximate surface area is 109 Å². The molecule has 6 heteroatoms. The molecule has 2 rings (SSSR count). The minimum atomic E-state index is -0.330. The standard InChI is InChI=1S/C12H10ClN3O2/c1-18-10-6-8(13)2-3-9(10)12(17)16-11-7-14-4-5-15-11/h2-7H,1H3,(H,15,16,17). The van der Waals surface area contributed by atoms with Crippen molar-refractivity contribution in [1.29, 1.82) is 0 Å². The molecule has 0 aliphatic rings. The summed E-state index contributed by atoms with van der Waals surface area (Å²) in [4.78, 5) is 19.8. The van der Waals surface area contributed by atoms with Crippen LogP contribution in [0.25, 0.3) is 0 Å². The molecule has 0 unspecified atom stereocenters. The van der Waals surface area contributed by atoms with Gasteiger partial charge in [0.1, 0.15) is 5.75 Å². The topological polar surface area (TPSA) is 64.1 Å². The minimum absolute atomic E-state index is 0.330. The fourth-order valence-corrected chi connectivity index (χ4v) is 1.56. The molecular weight excluding hydrogens is 254 g/mol. The van der Waals surface area contributed by atoms with Crippen molar-refractivity contribution in [1.82, 2.24) is 9.97 Å². The number of aromatic nitrogens is 2. The Balaban J connectivity index is 2.24. The molecule has 0 saturated heterocycles. The second-order valence-electron chi connectivity index (χ2n) is 3.39. The number of nitrogens with one attached hydrogen (secondary N) is 1. The lowest BCUT2D eigenvalue weighted by Gasteiger charge is -2.08. The van der Waals surface area contributed by atoms with E-state index < -0.39 is 0 Å². The fraction of sp³-hybridized carbons (Fsp3) is 0.0833. The van der Waals surface area contributed by atoms with Crippen molar-refractivity contribution in [2.24, 2.45) is 0 Å². The lowest BCUT2D eigenvalue weighted by Crippen LogP contribution is -2.14. The van der Waals surface area contributed by atoms with Gasteiger partial charge in [-0.15, -0.1) is 0 Å². The molecule has 0 saturated carbocycles. The summed E-state index contributed by atoms with van der Waals surface area (Å²) >= 11 is 5.83. The SMILES string of the molecule is COc1cc(Cl)ccc1C(=O)Nc1cnccn1. The van der Waals surface area contributed by atoms with Crippen LogP contribution in [0.15, 0.2) is 36.8 Å². The van der Waals surface area contributed by atoms with E-state index in [1.807, 2.05) is 0 Å². The van der Waals surface area contributed by atoms with Crippen LogP contribution in [-0.2, 0) is 0 Å². The Morgan fingerprint density at radius 1 is 1.39 bits per heavy atom. The van der Waals surface area contributed by atoms with Gasteiger partial charge < -0.3 is 10.1 Å². The quantitative estimate of drug-likeness (QED) is 0.923. The van der Waals surface area contributed by atoms with Gasteiger partial charge in [0, 0.05) is 17.4 Å². The van der Waals surface area contributed by atoms with Gasteiger partial charge in [0.2, 0.25) is 0 Å². The van der Waals surface area contributed by atoms with Crippen molar-refractivity contribution in [3.05, 3.63) is 47.4 Å². The van der Waals surface area contributed by atoms with E-state index in [2.05, 4.69) is 15.3 Å². The summed E-state index contributed by atoms with van der Waals surface area (Å²) in [5.41, 5.74) is 0.382. The van der Waals surface area contributed by atoms with Crippen LogP contribution < -0.4 is 10.1 Å². The van der Waals surface area contributed by atoms with Crippen molar-refractivity contribution < 1.29 is 9.53 Å². The summed E-state index contributed by atoms with van der Waals surface area (Å²) in [6, 6.07) is 4.79. The van der Waals surface area contributed by atoms with E-state index in [9.17, 15) is 4.79 Å². The van der Waals surface area contributed by atoms with Gasteiger partial charge in [-0.3, -0.25) is 9.78 Å². The number of hydrogen-bond donors (Lipinski definition) is 1. The summed E-state index contributed by atoms with van der Waals surface area (Å²) in [5.74, 6) is 0.451. The highest BCUT2D eigenvalue weighted by atomic mass is 35.5. The molecule has 1 amide bonds. The normalized spacial score (nSPS) is 9.89. The minimum Gasteiger partial charge on any atom is -0.496 e. The first-order valence-corrected chi connectivity index (χ1v) is 5.49. The van der Waals surface area contributed by atoms with Gasteiger partial charge in [-0.1, -0.05) is 11.6 Å². The number of hydrogen-bond acceptors (Lipinski definition) is 4. The number of amides is 1. The number of carbonyl (C=O) groups excluding carboxylic acids is 1. The molecule has 1 aromatic carbocycles. The molecule has 0 aliphatic heterocycles. The van der Waals surface area contributed by atoms with E-state index in [0.29, 0.717) is 22.2 Å². The maximum absolute atomic E-state index is 12.0. The monoisotopic (exact) mass is 263 g/mol.